The minimum absolute atomic E-state index is 0.00278. The van der Waals surface area contributed by atoms with Gasteiger partial charge in [0.15, 0.2) is 0 Å². The van der Waals surface area contributed by atoms with Crippen LogP contribution in [0.2, 0.25) is 0 Å². The quantitative estimate of drug-likeness (QED) is 0.838. The van der Waals surface area contributed by atoms with Gasteiger partial charge in [0.25, 0.3) is 0 Å². The van der Waals surface area contributed by atoms with Crippen molar-refractivity contribution in [1.29, 1.82) is 0 Å². The molecule has 0 aliphatic rings. The average molecular weight is 266 g/mol. The predicted octanol–water partition coefficient (Wildman–Crippen LogP) is 0.889. The number of carbonyl (C=O) groups is 1. The van der Waals surface area contributed by atoms with Crippen LogP contribution < -0.4 is 5.14 Å². The molecular weight excluding hydrogens is 256 g/mol. The molecule has 1 aromatic carbocycles. The first-order valence-electron chi connectivity index (χ1n) is 4.96. The van der Waals surface area contributed by atoms with Crippen molar-refractivity contribution in [3.63, 3.8) is 0 Å². The highest BCUT2D eigenvalue weighted by atomic mass is 32.2. The molecule has 0 amide bonds. The molecule has 0 saturated heterocycles. The SMILES string of the molecule is Cc1cc(C(=O)O)c2cc(S(N)(=O)=O)ccc2n1. The van der Waals surface area contributed by atoms with Crippen molar-refractivity contribution in [2.75, 3.05) is 0 Å². The number of carboxylic acid groups (broad SMARTS) is 1. The first kappa shape index (κ1) is 12.5. The van der Waals surface area contributed by atoms with E-state index in [1.807, 2.05) is 0 Å². The Bertz CT molecular complexity index is 753. The molecule has 0 radical (unpaired) electrons. The van der Waals surface area contributed by atoms with Gasteiger partial charge in [-0.3, -0.25) is 4.98 Å². The Morgan fingerprint density at radius 2 is 2.00 bits per heavy atom. The number of fused-ring (bicyclic) bond motifs is 1. The minimum Gasteiger partial charge on any atom is -0.478 e. The summed E-state index contributed by atoms with van der Waals surface area (Å²) in [4.78, 5) is 15.1. The van der Waals surface area contributed by atoms with E-state index in [4.69, 9.17) is 10.2 Å². The number of sulfonamides is 1. The molecule has 18 heavy (non-hydrogen) atoms. The highest BCUT2D eigenvalue weighted by Gasteiger charge is 2.14. The van der Waals surface area contributed by atoms with Crippen LogP contribution in [-0.4, -0.2) is 24.5 Å². The molecule has 0 bridgehead atoms. The maximum absolute atomic E-state index is 11.2. The average Bonchev–Trinajstić information content (AvgIpc) is 2.25. The molecule has 0 aliphatic carbocycles. The normalized spacial score (nSPS) is 11.7. The molecule has 6 nitrogen and oxygen atoms in total. The van der Waals surface area contributed by atoms with Gasteiger partial charge in [0, 0.05) is 11.1 Å². The summed E-state index contributed by atoms with van der Waals surface area (Å²) in [6.45, 7) is 1.67. The van der Waals surface area contributed by atoms with Crippen molar-refractivity contribution >= 4 is 26.9 Å². The topological polar surface area (TPSA) is 110 Å². The van der Waals surface area contributed by atoms with Crippen LogP contribution in [0, 0.1) is 6.92 Å². The molecule has 3 N–H and O–H groups in total. The summed E-state index contributed by atoms with van der Waals surface area (Å²) in [6.07, 6.45) is 0. The fourth-order valence-corrected chi connectivity index (χ4v) is 2.23. The third-order valence-corrected chi connectivity index (χ3v) is 3.38. The molecule has 2 rings (SSSR count). The molecule has 0 atom stereocenters. The molecule has 2 aromatic rings. The van der Waals surface area contributed by atoms with Crippen molar-refractivity contribution in [3.8, 4) is 0 Å². The number of aromatic carboxylic acids is 1. The van der Waals surface area contributed by atoms with Crippen LogP contribution in [0.1, 0.15) is 16.1 Å². The van der Waals surface area contributed by atoms with E-state index in [1.54, 1.807) is 6.92 Å². The lowest BCUT2D eigenvalue weighted by molar-refractivity contribution is 0.0699. The van der Waals surface area contributed by atoms with Gasteiger partial charge in [-0.15, -0.1) is 0 Å². The highest BCUT2D eigenvalue weighted by molar-refractivity contribution is 7.89. The second kappa shape index (κ2) is 4.04. The summed E-state index contributed by atoms with van der Waals surface area (Å²) in [5.74, 6) is -1.14. The number of aryl methyl sites for hydroxylation is 1. The lowest BCUT2D eigenvalue weighted by Gasteiger charge is -2.05. The summed E-state index contributed by atoms with van der Waals surface area (Å²) in [5.41, 5.74) is 0.964. The largest absolute Gasteiger partial charge is 0.478 e. The second-order valence-electron chi connectivity index (χ2n) is 3.84. The van der Waals surface area contributed by atoms with Crippen LogP contribution >= 0.6 is 0 Å². The van der Waals surface area contributed by atoms with Gasteiger partial charge in [-0.25, -0.2) is 18.4 Å². The van der Waals surface area contributed by atoms with Crippen molar-refractivity contribution in [2.45, 2.75) is 11.8 Å². The maximum atomic E-state index is 11.2. The van der Waals surface area contributed by atoms with E-state index in [-0.39, 0.29) is 15.8 Å². The van der Waals surface area contributed by atoms with Gasteiger partial charge >= 0.3 is 5.97 Å². The number of hydrogen-bond donors (Lipinski definition) is 2. The zero-order valence-electron chi connectivity index (χ0n) is 9.41. The van der Waals surface area contributed by atoms with Crippen LogP contribution in [0.15, 0.2) is 29.2 Å². The molecule has 94 valence electrons. The summed E-state index contributed by atoms with van der Waals surface area (Å²) >= 11 is 0. The van der Waals surface area contributed by atoms with Gasteiger partial charge in [0.05, 0.1) is 16.0 Å². The Hall–Kier alpha value is -1.99. The smallest absolute Gasteiger partial charge is 0.336 e. The summed E-state index contributed by atoms with van der Waals surface area (Å²) in [6, 6.07) is 5.35. The number of nitrogens with zero attached hydrogens (tertiary/aromatic N) is 1. The fourth-order valence-electron chi connectivity index (χ4n) is 1.69. The number of rotatable bonds is 2. The van der Waals surface area contributed by atoms with Crippen LogP contribution in [0.5, 0.6) is 0 Å². The van der Waals surface area contributed by atoms with Crippen molar-refractivity contribution in [1.82, 2.24) is 4.98 Å². The molecule has 1 heterocycles. The number of aromatic nitrogens is 1. The zero-order valence-corrected chi connectivity index (χ0v) is 10.2. The van der Waals surface area contributed by atoms with E-state index in [2.05, 4.69) is 4.98 Å². The highest BCUT2D eigenvalue weighted by Crippen LogP contribution is 2.21. The van der Waals surface area contributed by atoms with Gasteiger partial charge in [0.1, 0.15) is 0 Å². The number of benzene rings is 1. The lowest BCUT2D eigenvalue weighted by Crippen LogP contribution is -2.12. The second-order valence-corrected chi connectivity index (χ2v) is 5.40. The van der Waals surface area contributed by atoms with Gasteiger partial charge in [-0.05, 0) is 31.2 Å². The van der Waals surface area contributed by atoms with Gasteiger partial charge in [-0.1, -0.05) is 0 Å². The van der Waals surface area contributed by atoms with Gasteiger partial charge < -0.3 is 5.11 Å². The van der Waals surface area contributed by atoms with Crippen molar-refractivity contribution in [2.24, 2.45) is 5.14 Å². The molecule has 1 aromatic heterocycles. The standard InChI is InChI=1S/C11H10N2O4S/c1-6-4-9(11(14)15)8-5-7(18(12,16)17)2-3-10(8)13-6/h2-5H,1H3,(H,14,15)(H2,12,16,17). The van der Waals surface area contributed by atoms with Gasteiger partial charge in [-0.2, -0.15) is 0 Å². The Kier molecular flexibility index (Phi) is 2.80. The monoisotopic (exact) mass is 266 g/mol. The van der Waals surface area contributed by atoms with Crippen molar-refractivity contribution in [3.05, 3.63) is 35.5 Å². The number of hydrogen-bond acceptors (Lipinski definition) is 4. The Morgan fingerprint density at radius 3 is 2.56 bits per heavy atom. The van der Waals surface area contributed by atoms with E-state index in [1.165, 1.54) is 24.3 Å². The maximum Gasteiger partial charge on any atom is 0.336 e. The molecule has 0 unspecified atom stereocenters. The first-order valence-corrected chi connectivity index (χ1v) is 6.51. The van der Waals surface area contributed by atoms with E-state index < -0.39 is 16.0 Å². The third-order valence-electron chi connectivity index (χ3n) is 2.47. The molecule has 0 aliphatic heterocycles. The molecular formula is C11H10N2O4S. The Morgan fingerprint density at radius 1 is 1.33 bits per heavy atom. The number of pyridine rings is 1. The summed E-state index contributed by atoms with van der Waals surface area (Å²) in [5, 5.41) is 14.4. The predicted molar refractivity (Wildman–Crippen MR) is 64.8 cm³/mol. The fraction of sp³-hybridized carbons (Fsp3) is 0.0909. The zero-order chi connectivity index (χ0) is 13.5. The minimum atomic E-state index is -3.87. The molecule has 0 spiro atoms. The van der Waals surface area contributed by atoms with Crippen LogP contribution in [0.4, 0.5) is 0 Å². The lowest BCUT2D eigenvalue weighted by atomic mass is 10.1. The molecule has 7 heteroatoms. The molecule has 0 saturated carbocycles. The van der Waals surface area contributed by atoms with E-state index >= 15 is 0 Å². The van der Waals surface area contributed by atoms with Crippen LogP contribution in [0.3, 0.4) is 0 Å². The number of nitrogens with two attached hydrogens (primary N) is 1. The molecule has 0 fully saturated rings. The van der Waals surface area contributed by atoms with Crippen LogP contribution in [-0.2, 0) is 10.0 Å². The Labute approximate surface area is 103 Å². The van der Waals surface area contributed by atoms with Gasteiger partial charge in [0.2, 0.25) is 10.0 Å². The number of primary sulfonamides is 1. The van der Waals surface area contributed by atoms with Crippen molar-refractivity contribution < 1.29 is 18.3 Å². The summed E-state index contributed by atoms with van der Waals surface area (Å²) < 4.78 is 22.5. The Balaban J connectivity index is 2.87. The van der Waals surface area contributed by atoms with Crippen LogP contribution in [0.25, 0.3) is 10.9 Å². The first-order chi connectivity index (χ1) is 8.29. The van der Waals surface area contributed by atoms with E-state index in [0.29, 0.717) is 11.2 Å². The number of carboxylic acids is 1. The third kappa shape index (κ3) is 2.18. The summed E-state index contributed by atoms with van der Waals surface area (Å²) in [7, 11) is -3.87. The van der Waals surface area contributed by atoms with E-state index in [0.717, 1.165) is 0 Å². The van der Waals surface area contributed by atoms with E-state index in [9.17, 15) is 13.2 Å².